The Balaban J connectivity index is 1.29. The number of unbranched alkanes of at least 4 members (excludes halogenated alkanes) is 30. The van der Waals surface area contributed by atoms with Crippen LogP contribution in [-0.4, -0.2) is 82.5 Å². The molecule has 15 heteroatoms. The van der Waals surface area contributed by atoms with Crippen LogP contribution in [0.2, 0.25) is 0 Å². The van der Waals surface area contributed by atoms with Crippen molar-refractivity contribution in [3.8, 4) is 0 Å². The first-order chi connectivity index (χ1) is 51.1. The first-order valence-corrected chi connectivity index (χ1v) is 43.3. The molecule has 0 heterocycles. The molecule has 6 rings (SSSR count). The minimum Gasteiger partial charge on any atom is -0.462 e. The van der Waals surface area contributed by atoms with Crippen LogP contribution in [0.3, 0.4) is 0 Å². The fourth-order valence-corrected chi connectivity index (χ4v) is 15.4. The second-order valence-corrected chi connectivity index (χ2v) is 31.8. The lowest BCUT2D eigenvalue weighted by molar-refractivity contribution is -0.277. The number of rotatable bonds is 63. The molecule has 13 nitrogen and oxygen atoms in total. The van der Waals surface area contributed by atoms with Crippen molar-refractivity contribution in [3.63, 3.8) is 0 Å². The van der Waals surface area contributed by atoms with E-state index in [1.807, 2.05) is 91.0 Å². The molecule has 5 aromatic rings. The summed E-state index contributed by atoms with van der Waals surface area (Å²) in [7, 11) is -3.92. The second-order valence-electron chi connectivity index (χ2n) is 28.9. The lowest BCUT2D eigenvalue weighted by Crippen LogP contribution is -2.67. The molecule has 1 aliphatic carbocycles. The van der Waals surface area contributed by atoms with Gasteiger partial charge in [0.05, 0.1) is 33.0 Å². The predicted molar refractivity (Wildman–Crippen MR) is 425 cm³/mol. The second kappa shape index (κ2) is 57.2. The van der Waals surface area contributed by atoms with Crippen LogP contribution in [-0.2, 0) is 84.5 Å². The van der Waals surface area contributed by atoms with Crippen molar-refractivity contribution in [2.75, 3.05) is 12.8 Å². The maximum atomic E-state index is 14.2. The quantitative estimate of drug-likeness (QED) is 0.0124. The van der Waals surface area contributed by atoms with Crippen LogP contribution in [0.4, 0.5) is 0 Å². The van der Waals surface area contributed by atoms with Crippen molar-refractivity contribution in [2.24, 2.45) is 0 Å². The van der Waals surface area contributed by atoms with Crippen molar-refractivity contribution in [2.45, 2.75) is 339 Å². The molecule has 5 aromatic carbocycles. The van der Waals surface area contributed by atoms with Crippen molar-refractivity contribution in [3.05, 3.63) is 192 Å². The van der Waals surface area contributed by atoms with Crippen LogP contribution in [0.15, 0.2) is 164 Å². The van der Waals surface area contributed by atoms with Gasteiger partial charge in [0.25, 0.3) is 0 Å². The normalized spacial score (nSPS) is 17.5. The van der Waals surface area contributed by atoms with Gasteiger partial charge in [-0.05, 0) is 91.2 Å². The highest BCUT2D eigenvalue weighted by molar-refractivity contribution is 7.95. The van der Waals surface area contributed by atoms with Crippen LogP contribution in [0.5, 0.6) is 0 Å². The fourth-order valence-electron chi connectivity index (χ4n) is 13.7. The van der Waals surface area contributed by atoms with E-state index in [9.17, 15) is 23.9 Å². The van der Waals surface area contributed by atoms with Crippen LogP contribution in [0.1, 0.15) is 286 Å². The number of ether oxygens (including phenoxy) is 7. The molecule has 1 fully saturated rings. The van der Waals surface area contributed by atoms with Gasteiger partial charge in [-0.3, -0.25) is 14.2 Å². The van der Waals surface area contributed by atoms with E-state index in [0.29, 0.717) is 25.7 Å². The van der Waals surface area contributed by atoms with E-state index in [0.717, 1.165) is 143 Å². The molecule has 8 atom stereocenters. The zero-order chi connectivity index (χ0) is 73.4. The third kappa shape index (κ3) is 40.8. The standard InChI is InChI=1S/C89H133O13PS/c1-3-5-7-9-11-13-19-24-28-32-51-65-82(90)95-74-80(101-83(91)66-52-33-29-25-20-14-12-10-8-6-4-2)68-81(64-50-31-27-23-21-17-15-16-18-22-26-30-34-53-67-103(92,93)94)104-102-89-87(99-72-78-60-46-38-47-61-78)85(97-70-76-56-42-36-43-57-76)84(96-69-75-54-40-35-41-55-75)86(98-71-77-58-44-37-45-59-77)88(89)100-73-79-62-48-39-49-63-79/h15,17,35-49,54-63,80-81,84-89H,3-14,16,18-34,50-53,64-74H2,1-2H3,(H2,92,93,94)/b17-15-/t80?,81?,84-,85-,86+,87-,88-,89-/m0/s1. The first-order valence-electron chi connectivity index (χ1n) is 40.7. The topological polar surface area (TPSA) is 166 Å². The van der Waals surface area contributed by atoms with Gasteiger partial charge < -0.3 is 47.1 Å². The molecule has 0 saturated heterocycles. The van der Waals surface area contributed by atoms with Crippen molar-refractivity contribution in [1.82, 2.24) is 0 Å². The van der Waals surface area contributed by atoms with Gasteiger partial charge in [-0.1, -0.05) is 351 Å². The van der Waals surface area contributed by atoms with Crippen LogP contribution < -0.4 is 0 Å². The van der Waals surface area contributed by atoms with Gasteiger partial charge in [0.1, 0.15) is 49.3 Å². The molecule has 0 spiro atoms. The molecule has 0 bridgehead atoms. The molecule has 2 unspecified atom stereocenters. The van der Waals surface area contributed by atoms with Crippen LogP contribution in [0.25, 0.3) is 0 Å². The van der Waals surface area contributed by atoms with E-state index >= 15 is 0 Å². The SMILES string of the molecule is CCCCCCCCCCCCCC(=O)OCC(CC(CCCCCC/C=C\CCCCCCCCP(=O)(O)O)SO[C@@H]1[C@@H](OCc2ccccc2)[C@H](OCc2ccccc2)[C@@H](OCc2ccccc2)[C@H](OCc2ccccc2)[C@@H]1OCc1ccccc1)OC(=O)CCCCCCCCCCCCC. The predicted octanol–water partition coefficient (Wildman–Crippen LogP) is 23.4. The Kier molecular flexibility index (Phi) is 48.4. The fraction of sp³-hybridized carbons (Fsp3) is 0.618. The van der Waals surface area contributed by atoms with E-state index in [1.54, 1.807) is 0 Å². The summed E-state index contributed by atoms with van der Waals surface area (Å²) in [5.41, 5.74) is 4.95. The summed E-state index contributed by atoms with van der Waals surface area (Å²) >= 11 is 1.38. The number of hydrogen-bond donors (Lipinski definition) is 2. The number of esters is 2. The average Bonchev–Trinajstić information content (AvgIpc) is 0.763. The van der Waals surface area contributed by atoms with E-state index in [1.165, 1.54) is 115 Å². The Hall–Kier alpha value is -4.96. The zero-order valence-electron chi connectivity index (χ0n) is 63.8. The number of benzene rings is 5. The first kappa shape index (κ1) is 87.9. The monoisotopic (exact) mass is 1470 g/mol. The van der Waals surface area contributed by atoms with E-state index < -0.39 is 50.3 Å². The number of allylic oxidation sites excluding steroid dienone is 2. The van der Waals surface area contributed by atoms with Crippen molar-refractivity contribution in [1.29, 1.82) is 0 Å². The summed E-state index contributed by atoms with van der Waals surface area (Å²) in [5.74, 6) is -0.530. The van der Waals surface area contributed by atoms with Crippen molar-refractivity contribution < 1.29 is 61.3 Å². The molecule has 0 aromatic heterocycles. The highest BCUT2D eigenvalue weighted by Crippen LogP contribution is 2.40. The zero-order valence-corrected chi connectivity index (χ0v) is 65.5. The Morgan fingerprint density at radius 2 is 0.683 bits per heavy atom. The van der Waals surface area contributed by atoms with Gasteiger partial charge >= 0.3 is 19.5 Å². The maximum absolute atomic E-state index is 14.2. The molecular formula is C89H133O13PS. The third-order valence-electron chi connectivity index (χ3n) is 19.8. The Morgan fingerprint density at radius 3 is 1.03 bits per heavy atom. The summed E-state index contributed by atoms with van der Waals surface area (Å²) in [6.07, 6.45) is 38.8. The van der Waals surface area contributed by atoms with Gasteiger partial charge in [-0.25, -0.2) is 0 Å². The summed E-state index contributed by atoms with van der Waals surface area (Å²) in [6, 6.07) is 50.9. The lowest BCUT2D eigenvalue weighted by Gasteiger charge is -2.49. The van der Waals surface area contributed by atoms with Crippen LogP contribution in [0, 0.1) is 0 Å². The number of hydrogen-bond acceptors (Lipinski definition) is 12. The average molecular weight is 1470 g/mol. The molecular weight excluding hydrogens is 1340 g/mol. The van der Waals surface area contributed by atoms with E-state index in [2.05, 4.69) is 86.7 Å². The highest BCUT2D eigenvalue weighted by Gasteiger charge is 2.56. The van der Waals surface area contributed by atoms with Gasteiger partial charge in [-0.2, -0.15) is 0 Å². The van der Waals surface area contributed by atoms with E-state index in [-0.39, 0.29) is 63.0 Å². The van der Waals surface area contributed by atoms with Gasteiger partial charge in [0, 0.05) is 30.7 Å². The molecule has 1 aliphatic rings. The summed E-state index contributed by atoms with van der Waals surface area (Å²) in [6.45, 7) is 5.78. The number of carbonyl (C=O) groups excluding carboxylic acids is 2. The molecule has 104 heavy (non-hydrogen) atoms. The van der Waals surface area contributed by atoms with Crippen LogP contribution >= 0.6 is 19.6 Å². The molecule has 0 amide bonds. The summed E-state index contributed by atoms with van der Waals surface area (Å²) in [5, 5.41) is -0.227. The smallest absolute Gasteiger partial charge is 0.325 e. The summed E-state index contributed by atoms with van der Waals surface area (Å²) in [4.78, 5) is 46.3. The highest BCUT2D eigenvalue weighted by atomic mass is 32.2. The minimum absolute atomic E-state index is 0.0233. The minimum atomic E-state index is -3.92. The Bertz CT molecular complexity index is 2840. The molecule has 0 radical (unpaired) electrons. The Labute approximate surface area is 632 Å². The molecule has 2 N–H and O–H groups in total. The van der Waals surface area contributed by atoms with E-state index in [4.69, 9.17) is 37.3 Å². The van der Waals surface area contributed by atoms with Gasteiger partial charge in [-0.15, -0.1) is 0 Å². The molecule has 1 saturated carbocycles. The molecule has 0 aliphatic heterocycles. The van der Waals surface area contributed by atoms with Gasteiger partial charge in [0.15, 0.2) is 0 Å². The largest absolute Gasteiger partial charge is 0.462 e. The van der Waals surface area contributed by atoms with Gasteiger partial charge in [0.2, 0.25) is 0 Å². The third-order valence-corrected chi connectivity index (χ3v) is 21.7. The molecule has 578 valence electrons. The van der Waals surface area contributed by atoms with Crippen molar-refractivity contribution >= 4 is 31.6 Å². The number of carbonyl (C=O) groups is 2. The summed E-state index contributed by atoms with van der Waals surface area (Å²) < 4.78 is 67.9. The Morgan fingerprint density at radius 1 is 0.385 bits per heavy atom. The lowest BCUT2D eigenvalue weighted by atomic mass is 9.83. The maximum Gasteiger partial charge on any atom is 0.325 e.